The van der Waals surface area contributed by atoms with Crippen LogP contribution < -0.4 is 10.0 Å². The van der Waals surface area contributed by atoms with Gasteiger partial charge in [-0.25, -0.2) is 20.0 Å². The Labute approximate surface area is 149 Å². The van der Waals surface area contributed by atoms with E-state index in [9.17, 15) is 0 Å². The average Bonchev–Trinajstić information content (AvgIpc) is 3.38. The summed E-state index contributed by atoms with van der Waals surface area (Å²) in [4.78, 5) is 13.5. The number of aliphatic imine (C=N–C) groups is 1. The average molecular weight is 351 g/mol. The lowest BCUT2D eigenvalue weighted by Gasteiger charge is -2.35. The Morgan fingerprint density at radius 3 is 2.92 bits per heavy atom. The Morgan fingerprint density at radius 2 is 2.08 bits per heavy atom. The zero-order valence-electron chi connectivity index (χ0n) is 14.6. The molecule has 1 aromatic carbocycles. The number of fused-ring (bicyclic) bond motifs is 6. The first kappa shape index (κ1) is 15.1. The van der Waals surface area contributed by atoms with Gasteiger partial charge in [0.1, 0.15) is 18.3 Å². The first-order valence-corrected chi connectivity index (χ1v) is 8.23. The highest BCUT2D eigenvalue weighted by Gasteiger charge is 2.40. The van der Waals surface area contributed by atoms with Crippen molar-refractivity contribution in [2.24, 2.45) is 4.99 Å². The molecule has 26 heavy (non-hydrogen) atoms. The van der Waals surface area contributed by atoms with Crippen molar-refractivity contribution < 1.29 is 9.26 Å². The van der Waals surface area contributed by atoms with Crippen molar-refractivity contribution >= 4 is 18.1 Å². The van der Waals surface area contributed by atoms with Gasteiger partial charge >= 0.3 is 0 Å². The predicted octanol–water partition coefficient (Wildman–Crippen LogP) is 2.42. The van der Waals surface area contributed by atoms with Crippen LogP contribution in [0.15, 0.2) is 46.3 Å². The summed E-state index contributed by atoms with van der Waals surface area (Å²) in [6.45, 7) is 3.74. The molecule has 0 aliphatic carbocycles. The van der Waals surface area contributed by atoms with Crippen LogP contribution in [0.5, 0.6) is 0 Å². The van der Waals surface area contributed by atoms with Gasteiger partial charge in [-0.05, 0) is 25.1 Å². The molecule has 3 aromatic rings. The maximum Gasteiger partial charge on any atom is 0.290 e. The largest absolute Gasteiger partial charge is 0.369 e. The number of hydrogen-bond donors (Lipinski definition) is 0. The van der Waals surface area contributed by atoms with Crippen LogP contribution in [-0.4, -0.2) is 33.1 Å². The molecule has 1 atom stereocenters. The van der Waals surface area contributed by atoms with E-state index >= 15 is 0 Å². The monoisotopic (exact) mass is 351 g/mol. The summed E-state index contributed by atoms with van der Waals surface area (Å²) in [5, 5.41) is 7.87. The molecular formula is C17H17N7O2. The number of imidazole rings is 1. The molecule has 0 bridgehead atoms. The second-order valence-electron chi connectivity index (χ2n) is 6.62. The Bertz CT molecular complexity index is 1010. The zero-order valence-corrected chi connectivity index (χ0v) is 14.6. The summed E-state index contributed by atoms with van der Waals surface area (Å²) in [5.74, 6) is 1.67. The fourth-order valence-corrected chi connectivity index (χ4v) is 3.17. The van der Waals surface area contributed by atoms with Crippen molar-refractivity contribution in [1.82, 2.24) is 19.7 Å². The lowest BCUT2D eigenvalue weighted by atomic mass is 10.1. The van der Waals surface area contributed by atoms with Gasteiger partial charge in [0.2, 0.25) is 0 Å². The first-order chi connectivity index (χ1) is 12.6. The van der Waals surface area contributed by atoms with Gasteiger partial charge in [-0.2, -0.15) is 4.98 Å². The fraction of sp³-hybridized carbons (Fsp3) is 0.294. The molecule has 1 unspecified atom stereocenters. The third kappa shape index (κ3) is 1.94. The van der Waals surface area contributed by atoms with Gasteiger partial charge < -0.3 is 9.26 Å². The van der Waals surface area contributed by atoms with Crippen LogP contribution in [0.2, 0.25) is 0 Å². The fourth-order valence-electron chi connectivity index (χ4n) is 3.17. The summed E-state index contributed by atoms with van der Waals surface area (Å²) in [5.41, 5.74) is 1.48. The SMILES string of the molecule is COC(C)(C)c1nc(N2C=NC3c4ccccc4-n4cncc4N32)no1. The van der Waals surface area contributed by atoms with Gasteiger partial charge in [-0.3, -0.25) is 4.57 Å². The number of para-hydroxylation sites is 1. The first-order valence-electron chi connectivity index (χ1n) is 8.23. The van der Waals surface area contributed by atoms with E-state index < -0.39 is 5.60 Å². The normalized spacial score (nSPS) is 18.0. The molecule has 2 aliphatic rings. The third-order valence-electron chi connectivity index (χ3n) is 4.75. The molecule has 4 heterocycles. The Balaban J connectivity index is 1.59. The number of aromatic nitrogens is 4. The molecule has 2 aliphatic heterocycles. The van der Waals surface area contributed by atoms with Crippen molar-refractivity contribution in [3.05, 3.63) is 48.2 Å². The van der Waals surface area contributed by atoms with Crippen LogP contribution in [0.4, 0.5) is 11.8 Å². The van der Waals surface area contributed by atoms with Gasteiger partial charge in [-0.1, -0.05) is 18.2 Å². The van der Waals surface area contributed by atoms with E-state index in [0.29, 0.717) is 11.8 Å². The number of methoxy groups -OCH3 is 1. The minimum absolute atomic E-state index is 0.201. The van der Waals surface area contributed by atoms with Crippen molar-refractivity contribution in [3.8, 4) is 5.69 Å². The number of hydrogen-bond acceptors (Lipinski definition) is 8. The summed E-state index contributed by atoms with van der Waals surface area (Å²) in [6, 6.07) is 8.13. The summed E-state index contributed by atoms with van der Waals surface area (Å²) in [7, 11) is 1.61. The molecule has 2 aromatic heterocycles. The van der Waals surface area contributed by atoms with Crippen LogP contribution in [-0.2, 0) is 10.3 Å². The van der Waals surface area contributed by atoms with Crippen molar-refractivity contribution in [2.75, 3.05) is 17.1 Å². The Kier molecular flexibility index (Phi) is 2.99. The predicted molar refractivity (Wildman–Crippen MR) is 94.1 cm³/mol. The lowest BCUT2D eigenvalue weighted by molar-refractivity contribution is -0.00786. The van der Waals surface area contributed by atoms with Crippen LogP contribution in [0.3, 0.4) is 0 Å². The van der Waals surface area contributed by atoms with Crippen LogP contribution in [0.25, 0.3) is 5.69 Å². The number of ether oxygens (including phenoxy) is 1. The molecule has 0 amide bonds. The molecule has 9 heteroatoms. The molecule has 0 saturated carbocycles. The molecule has 132 valence electrons. The minimum Gasteiger partial charge on any atom is -0.369 e. The second-order valence-corrected chi connectivity index (χ2v) is 6.62. The van der Waals surface area contributed by atoms with E-state index in [-0.39, 0.29) is 6.17 Å². The van der Waals surface area contributed by atoms with Gasteiger partial charge in [0.05, 0.1) is 11.9 Å². The summed E-state index contributed by atoms with van der Waals surface area (Å²) in [6.07, 6.45) is 5.09. The van der Waals surface area contributed by atoms with E-state index in [4.69, 9.17) is 9.26 Å². The standard InChI is InChI=1S/C17H17N7O2/c1-17(2,25-3)15-20-16(21-26-15)23-10-19-14-11-6-4-5-7-12(11)22-9-18-8-13(22)24(14)23/h4-10,14H,1-3H3. The van der Waals surface area contributed by atoms with Crippen molar-refractivity contribution in [2.45, 2.75) is 25.6 Å². The van der Waals surface area contributed by atoms with E-state index in [1.807, 2.05) is 35.6 Å². The van der Waals surface area contributed by atoms with Crippen LogP contribution in [0.1, 0.15) is 31.5 Å². The smallest absolute Gasteiger partial charge is 0.290 e. The number of hydrazine groups is 1. The molecule has 0 fully saturated rings. The van der Waals surface area contributed by atoms with Gasteiger partial charge in [-0.15, -0.1) is 0 Å². The maximum atomic E-state index is 5.42. The Hall–Kier alpha value is -3.20. The molecule has 9 nitrogen and oxygen atoms in total. The highest BCUT2D eigenvalue weighted by atomic mass is 16.5. The topological polar surface area (TPSA) is 84.8 Å². The molecule has 0 spiro atoms. The van der Waals surface area contributed by atoms with Crippen LogP contribution >= 0.6 is 0 Å². The Morgan fingerprint density at radius 1 is 1.23 bits per heavy atom. The molecule has 0 saturated heterocycles. The third-order valence-corrected chi connectivity index (χ3v) is 4.75. The van der Waals surface area contributed by atoms with Crippen molar-refractivity contribution in [3.63, 3.8) is 0 Å². The minimum atomic E-state index is -0.669. The van der Waals surface area contributed by atoms with Gasteiger partial charge in [0.25, 0.3) is 11.8 Å². The van der Waals surface area contributed by atoms with Gasteiger partial charge in [0, 0.05) is 12.7 Å². The number of anilines is 2. The zero-order chi connectivity index (χ0) is 17.9. The van der Waals surface area contributed by atoms with E-state index in [1.165, 1.54) is 0 Å². The molecule has 0 N–H and O–H groups in total. The molecule has 0 radical (unpaired) electrons. The molecule has 5 rings (SSSR count). The van der Waals surface area contributed by atoms with E-state index in [0.717, 1.165) is 17.1 Å². The van der Waals surface area contributed by atoms with Crippen molar-refractivity contribution in [1.29, 1.82) is 0 Å². The lowest BCUT2D eigenvalue weighted by Crippen LogP contribution is -2.43. The highest BCUT2D eigenvalue weighted by molar-refractivity contribution is 5.85. The second kappa shape index (κ2) is 5.15. The number of rotatable bonds is 3. The summed E-state index contributed by atoms with van der Waals surface area (Å²) >= 11 is 0. The maximum absolute atomic E-state index is 5.42. The number of benzene rings is 1. The summed E-state index contributed by atoms with van der Waals surface area (Å²) < 4.78 is 12.9. The van der Waals surface area contributed by atoms with E-state index in [2.05, 4.69) is 32.2 Å². The number of nitrogens with zero attached hydrogens (tertiary/aromatic N) is 7. The van der Waals surface area contributed by atoms with Crippen LogP contribution in [0, 0.1) is 0 Å². The van der Waals surface area contributed by atoms with E-state index in [1.54, 1.807) is 31.0 Å². The quantitative estimate of drug-likeness (QED) is 0.716. The van der Waals surface area contributed by atoms with Gasteiger partial charge in [0.15, 0.2) is 12.0 Å². The highest BCUT2D eigenvalue weighted by Crippen LogP contribution is 2.42. The molecular weight excluding hydrogens is 334 g/mol.